The number of benzene rings is 2. The van der Waals surface area contributed by atoms with Crippen LogP contribution in [0.4, 0.5) is 30.2 Å². The topological polar surface area (TPSA) is 156 Å². The Kier molecular flexibility index (Phi) is 10.1. The maximum atomic E-state index is 12.4. The molecule has 0 atom stereocenters. The van der Waals surface area contributed by atoms with Crippen LogP contribution in [-0.2, 0) is 19.6 Å². The number of nitrogens with one attached hydrogen (secondary N) is 2. The van der Waals surface area contributed by atoms with Crippen LogP contribution < -0.4 is 14.9 Å². The molecule has 4 N–H and O–H groups in total. The van der Waals surface area contributed by atoms with E-state index >= 15 is 0 Å². The lowest BCUT2D eigenvalue weighted by Crippen LogP contribution is -2.48. The molecular formula is C23H27F3N4O7S. The van der Waals surface area contributed by atoms with Gasteiger partial charge in [0.2, 0.25) is 15.9 Å². The van der Waals surface area contributed by atoms with Crippen molar-refractivity contribution < 1.29 is 46.2 Å². The maximum absolute atomic E-state index is 12.4. The fraction of sp³-hybridized carbons (Fsp3) is 0.348. The van der Waals surface area contributed by atoms with Crippen LogP contribution in [0.15, 0.2) is 42.5 Å². The highest BCUT2D eigenvalue weighted by molar-refractivity contribution is 7.92. The normalized spacial score (nSPS) is 14.2. The smallest absolute Gasteiger partial charge is 0.478 e. The molecule has 38 heavy (non-hydrogen) atoms. The molecule has 0 spiro atoms. The maximum Gasteiger partial charge on any atom is 0.490 e. The van der Waals surface area contributed by atoms with E-state index in [4.69, 9.17) is 9.90 Å². The third-order valence-electron chi connectivity index (χ3n) is 5.16. The number of carbonyl (C=O) groups excluding carboxylic acids is 1. The van der Waals surface area contributed by atoms with Gasteiger partial charge in [-0.25, -0.2) is 18.0 Å². The van der Waals surface area contributed by atoms with Crippen molar-refractivity contribution in [3.63, 3.8) is 0 Å². The summed E-state index contributed by atoms with van der Waals surface area (Å²) in [6.45, 7) is 4.59. The number of rotatable bonds is 7. The summed E-state index contributed by atoms with van der Waals surface area (Å²) in [6, 6.07) is 12.0. The number of halogens is 3. The van der Waals surface area contributed by atoms with Crippen LogP contribution in [0, 0.1) is 6.92 Å². The van der Waals surface area contributed by atoms with Crippen molar-refractivity contribution in [1.82, 2.24) is 4.90 Å². The van der Waals surface area contributed by atoms with Gasteiger partial charge in [-0.05, 0) is 42.8 Å². The Labute approximate surface area is 216 Å². The SMILES string of the molecule is Cc1cccc(NC(=O)CN2CCN(c3ccc(C(=O)O)cc3NS(C)(=O)=O)CC2)c1.O=C(O)C(F)(F)F. The number of piperazine rings is 1. The fourth-order valence-electron chi connectivity index (χ4n) is 3.50. The summed E-state index contributed by atoms with van der Waals surface area (Å²) in [7, 11) is -3.57. The first kappa shape index (κ1) is 30.4. The average molecular weight is 561 g/mol. The Hall–Kier alpha value is -3.85. The summed E-state index contributed by atoms with van der Waals surface area (Å²) in [5.74, 6) is -3.98. The molecule has 3 rings (SSSR count). The first-order valence-electron chi connectivity index (χ1n) is 11.0. The molecule has 2 aromatic rings. The number of amides is 1. The van der Waals surface area contributed by atoms with Gasteiger partial charge in [-0.2, -0.15) is 13.2 Å². The van der Waals surface area contributed by atoms with Gasteiger partial charge >= 0.3 is 18.1 Å². The van der Waals surface area contributed by atoms with Crippen LogP contribution in [0.5, 0.6) is 0 Å². The zero-order valence-electron chi connectivity index (χ0n) is 20.4. The Bertz CT molecular complexity index is 1280. The van der Waals surface area contributed by atoms with Gasteiger partial charge in [0.25, 0.3) is 0 Å². The highest BCUT2D eigenvalue weighted by Gasteiger charge is 2.38. The number of carbonyl (C=O) groups is 3. The zero-order chi connectivity index (χ0) is 28.7. The predicted octanol–water partition coefficient (Wildman–Crippen LogP) is 2.46. The molecule has 1 amide bonds. The number of hydrogen-bond donors (Lipinski definition) is 4. The monoisotopic (exact) mass is 560 g/mol. The number of aryl methyl sites for hydroxylation is 1. The van der Waals surface area contributed by atoms with Crippen LogP contribution in [0.2, 0.25) is 0 Å². The van der Waals surface area contributed by atoms with Crippen molar-refractivity contribution in [3.8, 4) is 0 Å². The molecule has 1 fully saturated rings. The van der Waals surface area contributed by atoms with Crippen LogP contribution >= 0.6 is 0 Å². The van der Waals surface area contributed by atoms with Crippen LogP contribution in [-0.4, -0.2) is 86.5 Å². The minimum Gasteiger partial charge on any atom is -0.478 e. The summed E-state index contributed by atoms with van der Waals surface area (Å²) in [6.07, 6.45) is -4.06. The number of carboxylic acid groups (broad SMARTS) is 2. The number of carboxylic acids is 2. The summed E-state index contributed by atoms with van der Waals surface area (Å²) in [4.78, 5) is 36.5. The molecule has 0 radical (unpaired) electrons. The molecule has 0 bridgehead atoms. The molecule has 1 heterocycles. The van der Waals surface area contributed by atoms with E-state index in [1.54, 1.807) is 6.07 Å². The second-order valence-corrected chi connectivity index (χ2v) is 10.1. The Balaban J connectivity index is 0.000000638. The van der Waals surface area contributed by atoms with Crippen LogP contribution in [0.1, 0.15) is 15.9 Å². The largest absolute Gasteiger partial charge is 0.490 e. The predicted molar refractivity (Wildman–Crippen MR) is 134 cm³/mol. The molecular weight excluding hydrogens is 533 g/mol. The van der Waals surface area contributed by atoms with Gasteiger partial charge in [-0.15, -0.1) is 0 Å². The quantitative estimate of drug-likeness (QED) is 0.399. The van der Waals surface area contributed by atoms with Gasteiger partial charge in [0.1, 0.15) is 0 Å². The third-order valence-corrected chi connectivity index (χ3v) is 5.75. The van der Waals surface area contributed by atoms with E-state index in [9.17, 15) is 36.3 Å². The Morgan fingerprint density at radius 3 is 2.11 bits per heavy atom. The van der Waals surface area contributed by atoms with E-state index in [2.05, 4.69) is 10.0 Å². The van der Waals surface area contributed by atoms with Gasteiger partial charge in [0.15, 0.2) is 0 Å². The summed E-state index contributed by atoms with van der Waals surface area (Å²) in [5.41, 5.74) is 2.67. The Morgan fingerprint density at radius 2 is 1.61 bits per heavy atom. The van der Waals surface area contributed by atoms with Gasteiger partial charge < -0.3 is 20.4 Å². The number of aliphatic carboxylic acids is 1. The molecule has 0 aromatic heterocycles. The van der Waals surface area contributed by atoms with E-state index in [1.165, 1.54) is 12.1 Å². The molecule has 2 aromatic carbocycles. The second kappa shape index (κ2) is 12.6. The third kappa shape index (κ3) is 9.89. The highest BCUT2D eigenvalue weighted by atomic mass is 32.2. The minimum atomic E-state index is -5.08. The number of anilines is 3. The van der Waals surface area contributed by atoms with Crippen molar-refractivity contribution in [2.45, 2.75) is 13.1 Å². The van der Waals surface area contributed by atoms with E-state index in [0.717, 1.165) is 17.5 Å². The molecule has 0 aliphatic carbocycles. The van der Waals surface area contributed by atoms with Crippen molar-refractivity contribution in [2.24, 2.45) is 0 Å². The molecule has 1 aliphatic rings. The molecule has 1 aliphatic heterocycles. The summed E-state index contributed by atoms with van der Waals surface area (Å²) < 4.78 is 57.6. The van der Waals surface area contributed by atoms with Gasteiger partial charge in [0.05, 0.1) is 29.7 Å². The van der Waals surface area contributed by atoms with E-state index in [-0.39, 0.29) is 23.7 Å². The number of sulfonamides is 1. The minimum absolute atomic E-state index is 0.00126. The van der Waals surface area contributed by atoms with Crippen LogP contribution in [0.25, 0.3) is 0 Å². The number of alkyl halides is 3. The molecule has 15 heteroatoms. The van der Waals surface area contributed by atoms with Crippen molar-refractivity contribution in [1.29, 1.82) is 0 Å². The first-order chi connectivity index (χ1) is 17.5. The lowest BCUT2D eigenvalue weighted by molar-refractivity contribution is -0.192. The highest BCUT2D eigenvalue weighted by Crippen LogP contribution is 2.29. The van der Waals surface area contributed by atoms with Crippen molar-refractivity contribution in [2.75, 3.05) is 53.9 Å². The number of aromatic carboxylic acids is 1. The van der Waals surface area contributed by atoms with Gasteiger partial charge in [0, 0.05) is 31.9 Å². The van der Waals surface area contributed by atoms with E-state index < -0.39 is 28.1 Å². The van der Waals surface area contributed by atoms with E-state index in [0.29, 0.717) is 31.9 Å². The molecule has 0 unspecified atom stereocenters. The second-order valence-electron chi connectivity index (χ2n) is 8.40. The van der Waals surface area contributed by atoms with Crippen molar-refractivity contribution in [3.05, 3.63) is 53.6 Å². The van der Waals surface area contributed by atoms with Gasteiger partial charge in [-0.1, -0.05) is 12.1 Å². The number of nitrogens with zero attached hydrogens (tertiary/aromatic N) is 2. The molecule has 11 nitrogen and oxygen atoms in total. The first-order valence-corrected chi connectivity index (χ1v) is 12.9. The summed E-state index contributed by atoms with van der Waals surface area (Å²) >= 11 is 0. The zero-order valence-corrected chi connectivity index (χ0v) is 21.3. The van der Waals surface area contributed by atoms with Gasteiger partial charge in [-0.3, -0.25) is 14.4 Å². The fourth-order valence-corrected chi connectivity index (χ4v) is 4.06. The van der Waals surface area contributed by atoms with Crippen molar-refractivity contribution >= 4 is 44.9 Å². The average Bonchev–Trinajstić information content (AvgIpc) is 2.78. The van der Waals surface area contributed by atoms with Crippen LogP contribution in [0.3, 0.4) is 0 Å². The molecule has 0 saturated carbocycles. The Morgan fingerprint density at radius 1 is 1.00 bits per heavy atom. The molecule has 208 valence electrons. The standard InChI is InChI=1S/C21H26N4O5S.C2HF3O2/c1-15-4-3-5-17(12-15)22-20(26)14-24-8-10-25(11-9-24)19-7-6-16(21(27)28)13-18(19)23-31(2,29)30;3-2(4,5)1(6)7/h3-7,12-13,23H,8-11,14H2,1-2H3,(H,22,26)(H,27,28);(H,6,7). The lowest BCUT2D eigenvalue weighted by Gasteiger charge is -2.36. The lowest BCUT2D eigenvalue weighted by atomic mass is 10.1. The number of hydrogen-bond acceptors (Lipinski definition) is 7. The molecule has 1 saturated heterocycles. The van der Waals surface area contributed by atoms with E-state index in [1.807, 2.05) is 41.0 Å². The summed E-state index contributed by atoms with van der Waals surface area (Å²) in [5, 5.41) is 19.2.